The average Bonchev–Trinajstić information content (AvgIpc) is 2.32. The Bertz CT molecular complexity index is 526. The Morgan fingerprint density at radius 2 is 1.94 bits per heavy atom. The van der Waals surface area contributed by atoms with Crippen LogP contribution >= 0.6 is 22.6 Å². The largest absolute Gasteiger partial charge is 0.462 e. The van der Waals surface area contributed by atoms with Gasteiger partial charge < -0.3 is 4.74 Å². The molecule has 1 aromatic carbocycles. The van der Waals surface area contributed by atoms with E-state index in [1.165, 1.54) is 0 Å². The maximum Gasteiger partial charge on any atom is 0.341 e. The van der Waals surface area contributed by atoms with Crippen molar-refractivity contribution < 1.29 is 23.1 Å². The monoisotopic (exact) mass is 366 g/mol. The number of rotatable bonds is 4. The molecule has 96 valence electrons. The topological polar surface area (TPSA) is 43.4 Å². The van der Waals surface area contributed by atoms with Crippen LogP contribution in [0.4, 0.5) is 8.78 Å². The van der Waals surface area contributed by atoms with Crippen molar-refractivity contribution in [2.45, 2.75) is 6.92 Å². The highest BCUT2D eigenvalue weighted by atomic mass is 127. The highest BCUT2D eigenvalue weighted by Crippen LogP contribution is 2.19. The van der Waals surface area contributed by atoms with Crippen molar-refractivity contribution in [1.82, 2.24) is 0 Å². The molecular formula is C12H9F2IO3. The average molecular weight is 366 g/mol. The van der Waals surface area contributed by atoms with E-state index in [4.69, 9.17) is 0 Å². The lowest BCUT2D eigenvalue weighted by Crippen LogP contribution is -2.16. The van der Waals surface area contributed by atoms with Gasteiger partial charge in [-0.25, -0.2) is 13.6 Å². The van der Waals surface area contributed by atoms with Crippen LogP contribution in [0.1, 0.15) is 17.3 Å². The second-order valence-corrected chi connectivity index (χ2v) is 4.44. The molecule has 6 heteroatoms. The molecule has 0 fully saturated rings. The molecule has 0 N–H and O–H groups in total. The molecule has 0 amide bonds. The van der Waals surface area contributed by atoms with E-state index in [2.05, 4.69) is 11.3 Å². The van der Waals surface area contributed by atoms with Crippen LogP contribution in [0, 0.1) is 15.2 Å². The lowest BCUT2D eigenvalue weighted by atomic mass is 10.0. The van der Waals surface area contributed by atoms with Crippen molar-refractivity contribution >= 4 is 34.3 Å². The first-order chi connectivity index (χ1) is 8.38. The van der Waals surface area contributed by atoms with E-state index >= 15 is 0 Å². The van der Waals surface area contributed by atoms with E-state index in [1.807, 2.05) is 0 Å². The smallest absolute Gasteiger partial charge is 0.341 e. The standard InChI is InChI=1S/C12H9F2IO3/c1-3-18-12(17)6(2)11(16)7-4-10(15)9(14)5-8(7)13/h4-5H,2-3H2,1H3. The van der Waals surface area contributed by atoms with Crippen LogP contribution < -0.4 is 0 Å². The molecule has 1 aromatic rings. The number of hydrogen-bond acceptors (Lipinski definition) is 3. The van der Waals surface area contributed by atoms with Gasteiger partial charge in [0.2, 0.25) is 5.78 Å². The minimum atomic E-state index is -1.04. The zero-order chi connectivity index (χ0) is 13.9. The van der Waals surface area contributed by atoms with Gasteiger partial charge in [-0.1, -0.05) is 6.58 Å². The Hall–Kier alpha value is -1.31. The Kier molecular flexibility index (Phi) is 4.94. The van der Waals surface area contributed by atoms with E-state index in [0.717, 1.165) is 6.07 Å². The van der Waals surface area contributed by atoms with Crippen LogP contribution in [-0.2, 0) is 9.53 Å². The number of esters is 1. The molecule has 18 heavy (non-hydrogen) atoms. The number of carbonyl (C=O) groups excluding carboxylic acids is 2. The van der Waals surface area contributed by atoms with Crippen molar-refractivity contribution in [1.29, 1.82) is 0 Å². The van der Waals surface area contributed by atoms with E-state index < -0.39 is 34.5 Å². The Morgan fingerprint density at radius 3 is 2.50 bits per heavy atom. The highest BCUT2D eigenvalue weighted by Gasteiger charge is 2.22. The molecular weight excluding hydrogens is 357 g/mol. The molecule has 0 radical (unpaired) electrons. The van der Waals surface area contributed by atoms with Gasteiger partial charge >= 0.3 is 5.97 Å². The number of benzene rings is 1. The molecule has 0 saturated heterocycles. The van der Waals surface area contributed by atoms with Crippen LogP contribution in [0.5, 0.6) is 0 Å². The minimum absolute atomic E-state index is 0.0778. The van der Waals surface area contributed by atoms with Crippen molar-refractivity contribution in [3.63, 3.8) is 0 Å². The van der Waals surface area contributed by atoms with Gasteiger partial charge in [0, 0.05) is 9.64 Å². The summed E-state index contributed by atoms with van der Waals surface area (Å²) in [5, 5.41) is 0. The van der Waals surface area contributed by atoms with E-state index in [-0.39, 0.29) is 10.2 Å². The normalized spacial score (nSPS) is 10.0. The zero-order valence-electron chi connectivity index (χ0n) is 9.43. The van der Waals surface area contributed by atoms with Gasteiger partial charge in [-0.2, -0.15) is 0 Å². The zero-order valence-corrected chi connectivity index (χ0v) is 11.6. The van der Waals surface area contributed by atoms with Gasteiger partial charge in [-0.05, 0) is 35.6 Å². The van der Waals surface area contributed by atoms with Crippen molar-refractivity contribution in [3.8, 4) is 0 Å². The number of hydrogen-bond donors (Lipinski definition) is 0. The Morgan fingerprint density at radius 1 is 1.33 bits per heavy atom. The summed E-state index contributed by atoms with van der Waals surface area (Å²) in [6.45, 7) is 4.90. The maximum absolute atomic E-state index is 13.4. The molecule has 3 nitrogen and oxygen atoms in total. The summed E-state index contributed by atoms with van der Waals surface area (Å²) < 4.78 is 31.1. The summed E-state index contributed by atoms with van der Waals surface area (Å²) >= 11 is 1.62. The SMILES string of the molecule is C=C(C(=O)OCC)C(=O)c1cc(I)c(F)cc1F. The third-order valence-corrected chi connectivity index (χ3v) is 2.88. The fraction of sp³-hybridized carbons (Fsp3) is 0.167. The summed E-state index contributed by atoms with van der Waals surface area (Å²) in [5.74, 6) is -3.64. The Labute approximate surface area is 116 Å². The highest BCUT2D eigenvalue weighted by molar-refractivity contribution is 14.1. The summed E-state index contributed by atoms with van der Waals surface area (Å²) in [6.07, 6.45) is 0. The summed E-state index contributed by atoms with van der Waals surface area (Å²) in [6, 6.07) is 1.62. The molecule has 0 aliphatic carbocycles. The first kappa shape index (κ1) is 14.7. The number of halogens is 3. The summed E-state index contributed by atoms with van der Waals surface area (Å²) in [5.41, 5.74) is -0.892. The lowest BCUT2D eigenvalue weighted by molar-refractivity contribution is -0.138. The predicted molar refractivity (Wildman–Crippen MR) is 69.2 cm³/mol. The van der Waals surface area contributed by atoms with Gasteiger partial charge in [0.1, 0.15) is 17.2 Å². The summed E-state index contributed by atoms with van der Waals surface area (Å²) in [7, 11) is 0. The molecule has 0 atom stereocenters. The van der Waals surface area contributed by atoms with Crippen molar-refractivity contribution in [2.24, 2.45) is 0 Å². The molecule has 0 bridgehead atoms. The van der Waals surface area contributed by atoms with Crippen LogP contribution in [0.3, 0.4) is 0 Å². The maximum atomic E-state index is 13.4. The molecule has 0 saturated carbocycles. The van der Waals surface area contributed by atoms with Crippen LogP contribution in [-0.4, -0.2) is 18.4 Å². The van der Waals surface area contributed by atoms with Crippen LogP contribution in [0.2, 0.25) is 0 Å². The summed E-state index contributed by atoms with van der Waals surface area (Å²) in [4.78, 5) is 23.1. The number of Topliss-reactive ketones (excluding diaryl/α,β-unsaturated/α-hetero) is 1. The molecule has 0 aliphatic rings. The second kappa shape index (κ2) is 6.03. The second-order valence-electron chi connectivity index (χ2n) is 3.27. The van der Waals surface area contributed by atoms with E-state index in [9.17, 15) is 18.4 Å². The molecule has 0 aliphatic heterocycles. The van der Waals surface area contributed by atoms with Gasteiger partial charge in [-0.15, -0.1) is 0 Å². The quantitative estimate of drug-likeness (QED) is 0.157. The third kappa shape index (κ3) is 3.12. The molecule has 1 rings (SSSR count). The van der Waals surface area contributed by atoms with Gasteiger partial charge in [0.05, 0.1) is 12.2 Å². The first-order valence-corrected chi connectivity index (χ1v) is 6.01. The van der Waals surface area contributed by atoms with Gasteiger partial charge in [-0.3, -0.25) is 4.79 Å². The van der Waals surface area contributed by atoms with Gasteiger partial charge in [0.25, 0.3) is 0 Å². The first-order valence-electron chi connectivity index (χ1n) is 4.93. The fourth-order valence-electron chi connectivity index (χ4n) is 1.17. The molecule has 0 spiro atoms. The van der Waals surface area contributed by atoms with E-state index in [0.29, 0.717) is 6.07 Å². The lowest BCUT2D eigenvalue weighted by Gasteiger charge is -2.06. The van der Waals surface area contributed by atoms with Crippen LogP contribution in [0.25, 0.3) is 0 Å². The number of ether oxygens (including phenoxy) is 1. The van der Waals surface area contributed by atoms with Crippen molar-refractivity contribution in [2.75, 3.05) is 6.61 Å². The molecule has 0 heterocycles. The molecule has 0 unspecified atom stereocenters. The van der Waals surface area contributed by atoms with Gasteiger partial charge in [0.15, 0.2) is 0 Å². The minimum Gasteiger partial charge on any atom is -0.462 e. The van der Waals surface area contributed by atoms with Crippen molar-refractivity contribution in [3.05, 3.63) is 45.1 Å². The predicted octanol–water partition coefficient (Wildman–Crippen LogP) is 2.87. The van der Waals surface area contributed by atoms with Crippen LogP contribution in [0.15, 0.2) is 24.3 Å². The number of ketones is 1. The number of carbonyl (C=O) groups is 2. The van der Waals surface area contributed by atoms with E-state index in [1.54, 1.807) is 29.5 Å². The fourth-order valence-corrected chi connectivity index (χ4v) is 1.64. The Balaban J connectivity index is 3.08. The molecule has 0 aromatic heterocycles. The third-order valence-electron chi connectivity index (χ3n) is 2.05.